The minimum atomic E-state index is -0.556. The van der Waals surface area contributed by atoms with Gasteiger partial charge in [-0.3, -0.25) is 4.79 Å². The van der Waals surface area contributed by atoms with E-state index in [2.05, 4.69) is 10.3 Å². The number of carbonyl (C=O) groups excluding carboxylic acids is 1. The molecule has 5 heteroatoms. The second-order valence-electron chi connectivity index (χ2n) is 4.82. The summed E-state index contributed by atoms with van der Waals surface area (Å²) in [6.45, 7) is -0.0770. The van der Waals surface area contributed by atoms with Gasteiger partial charge in [0.2, 0.25) is 0 Å². The standard InChI is InChI=1S/C13H18N2O3/c16-9-13(6-2-1-3-7-13)15-12(18)11-10(17)5-4-8-14-11/h4-5,8,16-17H,1-3,6-7,9H2,(H,15,18). The van der Waals surface area contributed by atoms with E-state index in [9.17, 15) is 15.0 Å². The lowest BCUT2D eigenvalue weighted by molar-refractivity contribution is 0.0751. The number of hydrogen-bond donors (Lipinski definition) is 3. The Balaban J connectivity index is 2.13. The Kier molecular flexibility index (Phi) is 3.81. The van der Waals surface area contributed by atoms with E-state index in [0.29, 0.717) is 0 Å². The van der Waals surface area contributed by atoms with E-state index in [1.165, 1.54) is 12.3 Å². The summed E-state index contributed by atoms with van der Waals surface area (Å²) in [6, 6.07) is 2.99. The highest BCUT2D eigenvalue weighted by Crippen LogP contribution is 2.28. The number of carbonyl (C=O) groups is 1. The number of rotatable bonds is 3. The van der Waals surface area contributed by atoms with Gasteiger partial charge in [0.05, 0.1) is 12.1 Å². The van der Waals surface area contributed by atoms with Crippen molar-refractivity contribution in [2.45, 2.75) is 37.6 Å². The Morgan fingerprint density at radius 2 is 2.11 bits per heavy atom. The number of aromatic hydroxyl groups is 1. The maximum absolute atomic E-state index is 12.1. The smallest absolute Gasteiger partial charge is 0.274 e. The molecular weight excluding hydrogens is 232 g/mol. The normalized spacial score (nSPS) is 18.3. The summed E-state index contributed by atoms with van der Waals surface area (Å²) < 4.78 is 0. The highest BCUT2D eigenvalue weighted by atomic mass is 16.3. The van der Waals surface area contributed by atoms with Crippen molar-refractivity contribution < 1.29 is 15.0 Å². The van der Waals surface area contributed by atoms with E-state index in [1.54, 1.807) is 6.07 Å². The van der Waals surface area contributed by atoms with Crippen LogP contribution in [-0.4, -0.2) is 33.3 Å². The van der Waals surface area contributed by atoms with Crippen molar-refractivity contribution in [3.05, 3.63) is 24.0 Å². The monoisotopic (exact) mass is 250 g/mol. The Labute approximate surface area is 106 Å². The summed E-state index contributed by atoms with van der Waals surface area (Å²) in [5, 5.41) is 21.9. The maximum Gasteiger partial charge on any atom is 0.274 e. The van der Waals surface area contributed by atoms with Gasteiger partial charge in [-0.05, 0) is 25.0 Å². The molecule has 2 rings (SSSR count). The topological polar surface area (TPSA) is 82.5 Å². The lowest BCUT2D eigenvalue weighted by Crippen LogP contribution is -2.52. The van der Waals surface area contributed by atoms with Crippen LogP contribution < -0.4 is 5.32 Å². The minimum Gasteiger partial charge on any atom is -0.505 e. The Morgan fingerprint density at radius 3 is 2.72 bits per heavy atom. The molecule has 1 aliphatic carbocycles. The first-order valence-electron chi connectivity index (χ1n) is 6.24. The molecule has 1 saturated carbocycles. The number of aromatic nitrogens is 1. The zero-order valence-corrected chi connectivity index (χ0v) is 10.2. The summed E-state index contributed by atoms with van der Waals surface area (Å²) in [7, 11) is 0. The van der Waals surface area contributed by atoms with Crippen LogP contribution in [0.5, 0.6) is 5.75 Å². The van der Waals surface area contributed by atoms with Crippen LogP contribution in [0.25, 0.3) is 0 Å². The molecule has 0 spiro atoms. The average molecular weight is 250 g/mol. The predicted octanol–water partition coefficient (Wildman–Crippen LogP) is 1.21. The molecule has 0 bridgehead atoms. The molecule has 0 unspecified atom stereocenters. The fourth-order valence-corrected chi connectivity index (χ4v) is 2.42. The number of aliphatic hydroxyl groups excluding tert-OH is 1. The van der Waals surface area contributed by atoms with Crippen LogP contribution in [-0.2, 0) is 0 Å². The summed E-state index contributed by atoms with van der Waals surface area (Å²) >= 11 is 0. The van der Waals surface area contributed by atoms with Crippen molar-refractivity contribution in [3.63, 3.8) is 0 Å². The van der Waals surface area contributed by atoms with Gasteiger partial charge in [0.15, 0.2) is 5.69 Å². The molecular formula is C13H18N2O3. The van der Waals surface area contributed by atoms with Crippen molar-refractivity contribution >= 4 is 5.91 Å². The molecule has 1 aromatic rings. The van der Waals surface area contributed by atoms with Crippen LogP contribution in [0.4, 0.5) is 0 Å². The second-order valence-corrected chi connectivity index (χ2v) is 4.82. The molecule has 0 aliphatic heterocycles. The SMILES string of the molecule is O=C(NC1(CO)CCCCC1)c1ncccc1O. The number of hydrogen-bond acceptors (Lipinski definition) is 4. The molecule has 0 radical (unpaired) electrons. The van der Waals surface area contributed by atoms with E-state index in [1.807, 2.05) is 0 Å². The van der Waals surface area contributed by atoms with Crippen molar-refractivity contribution in [3.8, 4) is 5.75 Å². The summed E-state index contributed by atoms with van der Waals surface area (Å²) in [4.78, 5) is 15.9. The van der Waals surface area contributed by atoms with Crippen LogP contribution in [0.15, 0.2) is 18.3 Å². The molecule has 5 nitrogen and oxygen atoms in total. The molecule has 1 fully saturated rings. The van der Waals surface area contributed by atoms with E-state index >= 15 is 0 Å². The first-order chi connectivity index (χ1) is 8.67. The van der Waals surface area contributed by atoms with Crippen molar-refractivity contribution in [1.82, 2.24) is 10.3 Å². The molecule has 98 valence electrons. The van der Waals surface area contributed by atoms with Crippen LogP contribution in [0, 0.1) is 0 Å². The zero-order chi connectivity index (χ0) is 13.0. The van der Waals surface area contributed by atoms with Gasteiger partial charge in [0.1, 0.15) is 5.75 Å². The van der Waals surface area contributed by atoms with Crippen LogP contribution in [0.2, 0.25) is 0 Å². The summed E-state index contributed by atoms with van der Waals surface area (Å²) in [5.74, 6) is -0.567. The molecule has 1 aromatic heterocycles. The molecule has 0 saturated heterocycles. The van der Waals surface area contributed by atoms with Gasteiger partial charge in [0, 0.05) is 6.20 Å². The zero-order valence-electron chi connectivity index (χ0n) is 10.2. The van der Waals surface area contributed by atoms with Crippen LogP contribution in [0.3, 0.4) is 0 Å². The molecule has 1 aliphatic rings. The van der Waals surface area contributed by atoms with E-state index in [0.717, 1.165) is 32.1 Å². The van der Waals surface area contributed by atoms with Gasteiger partial charge in [-0.25, -0.2) is 4.98 Å². The molecule has 0 atom stereocenters. The number of pyridine rings is 1. The van der Waals surface area contributed by atoms with Gasteiger partial charge in [0.25, 0.3) is 5.91 Å². The summed E-state index contributed by atoms with van der Waals surface area (Å²) in [5.41, 5.74) is -0.546. The third kappa shape index (κ3) is 2.61. The van der Waals surface area contributed by atoms with Gasteiger partial charge in [-0.15, -0.1) is 0 Å². The van der Waals surface area contributed by atoms with Gasteiger partial charge >= 0.3 is 0 Å². The predicted molar refractivity (Wildman–Crippen MR) is 66.3 cm³/mol. The van der Waals surface area contributed by atoms with Crippen LogP contribution >= 0.6 is 0 Å². The highest BCUT2D eigenvalue weighted by molar-refractivity contribution is 5.95. The van der Waals surface area contributed by atoms with Gasteiger partial charge in [-0.1, -0.05) is 19.3 Å². The quantitative estimate of drug-likeness (QED) is 0.753. The van der Waals surface area contributed by atoms with Crippen molar-refractivity contribution in [2.24, 2.45) is 0 Å². The van der Waals surface area contributed by atoms with Gasteiger partial charge < -0.3 is 15.5 Å². The molecule has 3 N–H and O–H groups in total. The van der Waals surface area contributed by atoms with E-state index < -0.39 is 11.4 Å². The third-order valence-electron chi connectivity index (χ3n) is 3.49. The van der Waals surface area contributed by atoms with Crippen molar-refractivity contribution in [1.29, 1.82) is 0 Å². The Morgan fingerprint density at radius 1 is 1.39 bits per heavy atom. The van der Waals surface area contributed by atoms with Crippen molar-refractivity contribution in [2.75, 3.05) is 6.61 Å². The van der Waals surface area contributed by atoms with Crippen LogP contribution in [0.1, 0.15) is 42.6 Å². The summed E-state index contributed by atoms with van der Waals surface area (Å²) in [6.07, 6.45) is 6.11. The Hall–Kier alpha value is -1.62. The largest absolute Gasteiger partial charge is 0.505 e. The Bertz CT molecular complexity index is 428. The first kappa shape index (κ1) is 12.8. The molecule has 0 aromatic carbocycles. The molecule has 1 heterocycles. The lowest BCUT2D eigenvalue weighted by atomic mass is 9.82. The molecule has 18 heavy (non-hydrogen) atoms. The number of aliphatic hydroxyl groups is 1. The second kappa shape index (κ2) is 5.35. The highest BCUT2D eigenvalue weighted by Gasteiger charge is 2.33. The third-order valence-corrected chi connectivity index (χ3v) is 3.49. The van der Waals surface area contributed by atoms with E-state index in [4.69, 9.17) is 0 Å². The maximum atomic E-state index is 12.1. The number of nitrogens with one attached hydrogen (secondary N) is 1. The molecule has 1 amide bonds. The number of amides is 1. The fraction of sp³-hybridized carbons (Fsp3) is 0.538. The minimum absolute atomic E-state index is 0.0101. The average Bonchev–Trinajstić information content (AvgIpc) is 2.40. The lowest BCUT2D eigenvalue weighted by Gasteiger charge is -2.36. The fourth-order valence-electron chi connectivity index (χ4n) is 2.42. The first-order valence-corrected chi connectivity index (χ1v) is 6.24. The van der Waals surface area contributed by atoms with Gasteiger partial charge in [-0.2, -0.15) is 0 Å². The van der Waals surface area contributed by atoms with E-state index in [-0.39, 0.29) is 18.1 Å². The number of nitrogens with zero attached hydrogens (tertiary/aromatic N) is 1.